The van der Waals surface area contributed by atoms with E-state index < -0.39 is 0 Å². The molecule has 1 aliphatic rings. The number of guanidine groups is 1. The summed E-state index contributed by atoms with van der Waals surface area (Å²) in [6.45, 7) is 7.29. The molecule has 5 nitrogen and oxygen atoms in total. The van der Waals surface area contributed by atoms with Crippen molar-refractivity contribution >= 4 is 17.3 Å². The minimum Gasteiger partial charge on any atom is -0.379 e. The van der Waals surface area contributed by atoms with Crippen LogP contribution in [0.5, 0.6) is 0 Å². The smallest absolute Gasteiger partial charge is 0.191 e. The van der Waals surface area contributed by atoms with E-state index >= 15 is 0 Å². The Labute approximate surface area is 160 Å². The normalized spacial score (nSPS) is 17.1. The van der Waals surface area contributed by atoms with Crippen molar-refractivity contribution in [3.05, 3.63) is 57.8 Å². The van der Waals surface area contributed by atoms with Crippen LogP contribution in [-0.2, 0) is 11.3 Å². The summed E-state index contributed by atoms with van der Waals surface area (Å²) in [5.74, 6) is 0.836. The number of morpholine rings is 1. The highest BCUT2D eigenvalue weighted by Gasteiger charge is 2.23. The molecule has 0 amide bonds. The van der Waals surface area contributed by atoms with E-state index in [0.717, 1.165) is 45.4 Å². The first-order valence-corrected chi connectivity index (χ1v) is 10.00. The van der Waals surface area contributed by atoms with Gasteiger partial charge in [0.25, 0.3) is 0 Å². The number of nitrogens with one attached hydrogen (secondary N) is 2. The predicted octanol–water partition coefficient (Wildman–Crippen LogP) is 2.80. The van der Waals surface area contributed by atoms with E-state index in [1.807, 2.05) is 18.4 Å². The van der Waals surface area contributed by atoms with Gasteiger partial charge in [-0.25, -0.2) is 0 Å². The third-order valence-corrected chi connectivity index (χ3v) is 5.73. The summed E-state index contributed by atoms with van der Waals surface area (Å²) < 4.78 is 5.52. The third kappa shape index (κ3) is 5.06. The summed E-state index contributed by atoms with van der Waals surface area (Å²) in [5, 5.41) is 9.08. The summed E-state index contributed by atoms with van der Waals surface area (Å²) in [7, 11) is 1.82. The second-order valence-electron chi connectivity index (χ2n) is 6.41. The molecule has 0 radical (unpaired) electrons. The number of hydrogen-bond acceptors (Lipinski definition) is 4. The molecule has 1 unspecified atom stereocenters. The predicted molar refractivity (Wildman–Crippen MR) is 109 cm³/mol. The number of ether oxygens (including phenoxy) is 1. The van der Waals surface area contributed by atoms with Gasteiger partial charge in [0, 0.05) is 38.1 Å². The van der Waals surface area contributed by atoms with E-state index in [2.05, 4.69) is 69.2 Å². The van der Waals surface area contributed by atoms with Crippen LogP contribution in [-0.4, -0.2) is 50.8 Å². The lowest BCUT2D eigenvalue weighted by Gasteiger charge is -2.34. The zero-order chi connectivity index (χ0) is 18.2. The Bertz CT molecular complexity index is 696. The van der Waals surface area contributed by atoms with Crippen molar-refractivity contribution in [3.8, 4) is 0 Å². The highest BCUT2D eigenvalue weighted by Crippen LogP contribution is 2.25. The van der Waals surface area contributed by atoms with Gasteiger partial charge in [0.2, 0.25) is 0 Å². The monoisotopic (exact) mass is 372 g/mol. The van der Waals surface area contributed by atoms with Gasteiger partial charge in [0.1, 0.15) is 0 Å². The van der Waals surface area contributed by atoms with Crippen LogP contribution in [0.25, 0.3) is 0 Å². The summed E-state index contributed by atoms with van der Waals surface area (Å²) in [5.41, 5.74) is 2.58. The van der Waals surface area contributed by atoms with Crippen molar-refractivity contribution < 1.29 is 4.74 Å². The molecule has 1 aromatic heterocycles. The van der Waals surface area contributed by atoms with Crippen LogP contribution in [0, 0.1) is 6.92 Å². The van der Waals surface area contributed by atoms with Crippen LogP contribution >= 0.6 is 11.3 Å². The summed E-state index contributed by atoms with van der Waals surface area (Å²) >= 11 is 1.81. The molecular formula is C20H28N4OS. The van der Waals surface area contributed by atoms with Crippen LogP contribution in [0.3, 0.4) is 0 Å². The molecule has 1 aromatic carbocycles. The first-order chi connectivity index (χ1) is 12.8. The van der Waals surface area contributed by atoms with Crippen LogP contribution in [0.15, 0.2) is 46.8 Å². The van der Waals surface area contributed by atoms with Crippen molar-refractivity contribution in [1.29, 1.82) is 0 Å². The first kappa shape index (κ1) is 18.9. The molecule has 3 rings (SSSR count). The van der Waals surface area contributed by atoms with E-state index in [9.17, 15) is 0 Å². The standard InChI is InChI=1S/C20H28N4OS/c1-16-6-3-4-7-17(16)14-22-20(21-2)23-15-18(19-8-5-13-26-19)24-9-11-25-12-10-24/h3-8,13,18H,9-12,14-15H2,1-2H3,(H2,21,22,23). The molecule has 2 N–H and O–H groups in total. The average Bonchev–Trinajstić information content (AvgIpc) is 3.21. The van der Waals surface area contributed by atoms with Gasteiger partial charge in [0.15, 0.2) is 5.96 Å². The maximum Gasteiger partial charge on any atom is 0.191 e. The van der Waals surface area contributed by atoms with Gasteiger partial charge in [-0.2, -0.15) is 0 Å². The quantitative estimate of drug-likeness (QED) is 0.605. The molecule has 1 aliphatic heterocycles. The lowest BCUT2D eigenvalue weighted by Crippen LogP contribution is -2.46. The Balaban J connectivity index is 1.59. The second kappa shape index (κ2) is 9.71. The topological polar surface area (TPSA) is 48.9 Å². The fourth-order valence-corrected chi connectivity index (χ4v) is 4.04. The van der Waals surface area contributed by atoms with Crippen molar-refractivity contribution in [2.45, 2.75) is 19.5 Å². The van der Waals surface area contributed by atoms with E-state index in [1.54, 1.807) is 0 Å². The molecule has 6 heteroatoms. The molecule has 0 spiro atoms. The number of aliphatic imine (C=N–C) groups is 1. The third-order valence-electron chi connectivity index (χ3n) is 4.75. The molecular weight excluding hydrogens is 344 g/mol. The lowest BCUT2D eigenvalue weighted by molar-refractivity contribution is 0.0177. The van der Waals surface area contributed by atoms with Crippen molar-refractivity contribution in [1.82, 2.24) is 15.5 Å². The van der Waals surface area contributed by atoms with E-state index in [-0.39, 0.29) is 0 Å². The molecule has 1 saturated heterocycles. The Morgan fingerprint density at radius 2 is 2.00 bits per heavy atom. The SMILES string of the molecule is CN=C(NCc1ccccc1C)NCC(c1cccs1)N1CCOCC1. The first-order valence-electron chi connectivity index (χ1n) is 9.12. The van der Waals surface area contributed by atoms with Crippen LogP contribution in [0.2, 0.25) is 0 Å². The number of aryl methyl sites for hydroxylation is 1. The zero-order valence-corrected chi connectivity index (χ0v) is 16.4. The van der Waals surface area contributed by atoms with E-state index in [4.69, 9.17) is 4.74 Å². The molecule has 0 bridgehead atoms. The number of thiophene rings is 1. The molecule has 2 aromatic rings. The Hall–Kier alpha value is -1.89. The van der Waals surface area contributed by atoms with Gasteiger partial charge in [-0.3, -0.25) is 9.89 Å². The fourth-order valence-electron chi connectivity index (χ4n) is 3.18. The van der Waals surface area contributed by atoms with E-state index in [0.29, 0.717) is 6.04 Å². The summed E-state index contributed by atoms with van der Waals surface area (Å²) in [6, 6.07) is 13.1. The Morgan fingerprint density at radius 3 is 2.69 bits per heavy atom. The molecule has 1 fully saturated rings. The lowest BCUT2D eigenvalue weighted by atomic mass is 10.1. The molecule has 0 saturated carbocycles. The maximum atomic E-state index is 5.52. The number of rotatable bonds is 6. The number of benzene rings is 1. The molecule has 2 heterocycles. The Morgan fingerprint density at radius 1 is 1.19 bits per heavy atom. The highest BCUT2D eigenvalue weighted by atomic mass is 32.1. The van der Waals surface area contributed by atoms with Crippen molar-refractivity contribution in [3.63, 3.8) is 0 Å². The van der Waals surface area contributed by atoms with Gasteiger partial charge in [-0.15, -0.1) is 11.3 Å². The van der Waals surface area contributed by atoms with E-state index in [1.165, 1.54) is 16.0 Å². The molecule has 0 aliphatic carbocycles. The molecule has 1 atom stereocenters. The van der Waals surface area contributed by atoms with Gasteiger partial charge >= 0.3 is 0 Å². The fraction of sp³-hybridized carbons (Fsp3) is 0.450. The highest BCUT2D eigenvalue weighted by molar-refractivity contribution is 7.10. The van der Waals surface area contributed by atoms with Crippen molar-refractivity contribution in [2.75, 3.05) is 39.9 Å². The minimum atomic E-state index is 0.343. The van der Waals surface area contributed by atoms with Gasteiger partial charge in [-0.1, -0.05) is 30.3 Å². The maximum absolute atomic E-state index is 5.52. The largest absolute Gasteiger partial charge is 0.379 e. The van der Waals surface area contributed by atoms with Gasteiger partial charge in [0.05, 0.1) is 19.3 Å². The molecule has 140 valence electrons. The van der Waals surface area contributed by atoms with Crippen LogP contribution < -0.4 is 10.6 Å². The molecule has 26 heavy (non-hydrogen) atoms. The van der Waals surface area contributed by atoms with Gasteiger partial charge in [-0.05, 0) is 29.5 Å². The summed E-state index contributed by atoms with van der Waals surface area (Å²) in [6.07, 6.45) is 0. The minimum absolute atomic E-state index is 0.343. The number of nitrogens with zero attached hydrogens (tertiary/aromatic N) is 2. The Kier molecular flexibility index (Phi) is 7.05. The number of hydrogen-bond donors (Lipinski definition) is 2. The second-order valence-corrected chi connectivity index (χ2v) is 7.39. The van der Waals surface area contributed by atoms with Crippen LogP contribution in [0.1, 0.15) is 22.0 Å². The van der Waals surface area contributed by atoms with Gasteiger partial charge < -0.3 is 15.4 Å². The van der Waals surface area contributed by atoms with Crippen molar-refractivity contribution in [2.24, 2.45) is 4.99 Å². The average molecular weight is 373 g/mol. The summed E-state index contributed by atoms with van der Waals surface area (Å²) in [4.78, 5) is 8.27. The zero-order valence-electron chi connectivity index (χ0n) is 15.6. The van der Waals surface area contributed by atoms with Crippen LogP contribution in [0.4, 0.5) is 0 Å².